The Morgan fingerprint density at radius 3 is 2.50 bits per heavy atom. The first-order valence-electron chi connectivity index (χ1n) is 8.02. The third-order valence-electron chi connectivity index (χ3n) is 4.55. The molecule has 7 heteroatoms. The second kappa shape index (κ2) is 6.75. The molecule has 0 bridgehead atoms. The Kier molecular flexibility index (Phi) is 4.78. The van der Waals surface area contributed by atoms with Crippen molar-refractivity contribution in [1.29, 1.82) is 5.26 Å². The van der Waals surface area contributed by atoms with Crippen molar-refractivity contribution >= 4 is 27.4 Å². The topological polar surface area (TPSA) is 84.2 Å². The van der Waals surface area contributed by atoms with E-state index in [0.29, 0.717) is 10.6 Å². The number of benzene rings is 2. The predicted molar refractivity (Wildman–Crippen MR) is 96.3 cm³/mol. The van der Waals surface area contributed by atoms with Crippen LogP contribution in [0, 0.1) is 16.7 Å². The Balaban J connectivity index is 2.15. The summed E-state index contributed by atoms with van der Waals surface area (Å²) >= 11 is 6.02. The average Bonchev–Trinajstić information content (AvgIpc) is 3.34. The highest BCUT2D eigenvalue weighted by Crippen LogP contribution is 2.64. The lowest BCUT2D eigenvalue weighted by Crippen LogP contribution is -2.25. The summed E-state index contributed by atoms with van der Waals surface area (Å²) in [6.07, 6.45) is 0. The molecule has 0 saturated heterocycles. The Morgan fingerprint density at radius 1 is 1.23 bits per heavy atom. The molecule has 1 saturated carbocycles. The first kappa shape index (κ1) is 18.4. The van der Waals surface area contributed by atoms with Crippen LogP contribution < -0.4 is 0 Å². The number of nitriles is 1. The smallest absolute Gasteiger partial charge is 0.328 e. The van der Waals surface area contributed by atoms with Crippen molar-refractivity contribution in [3.63, 3.8) is 0 Å². The van der Waals surface area contributed by atoms with Gasteiger partial charge < -0.3 is 4.74 Å². The number of hydrogen-bond acceptors (Lipinski definition) is 5. The molecule has 1 aliphatic rings. The standard InChI is InChI=1S/C19H16ClNO4S/c1-2-25-18(22)19(12-21)16(13-7-6-8-14(20)11-13)17(19)26(23,24)15-9-4-3-5-10-15/h3-11,16-17H,2H2,1H3. The fourth-order valence-electron chi connectivity index (χ4n) is 3.35. The van der Waals surface area contributed by atoms with Gasteiger partial charge in [-0.1, -0.05) is 41.9 Å². The molecule has 0 aliphatic heterocycles. The van der Waals surface area contributed by atoms with Gasteiger partial charge in [-0.15, -0.1) is 0 Å². The Hall–Kier alpha value is -2.36. The SMILES string of the molecule is CCOC(=O)C1(C#N)C(c2cccc(Cl)c2)C1S(=O)(=O)c1ccccc1. The Morgan fingerprint density at radius 2 is 1.92 bits per heavy atom. The highest BCUT2D eigenvalue weighted by Gasteiger charge is 2.77. The first-order valence-corrected chi connectivity index (χ1v) is 9.95. The van der Waals surface area contributed by atoms with E-state index in [9.17, 15) is 18.5 Å². The van der Waals surface area contributed by atoms with Crippen LogP contribution in [0.2, 0.25) is 5.02 Å². The summed E-state index contributed by atoms with van der Waals surface area (Å²) in [6, 6.07) is 16.3. The molecule has 3 unspecified atom stereocenters. The summed E-state index contributed by atoms with van der Waals surface area (Å²) in [5.41, 5.74) is -1.26. The highest BCUT2D eigenvalue weighted by atomic mass is 35.5. The van der Waals surface area contributed by atoms with Gasteiger partial charge in [0.1, 0.15) is 5.25 Å². The van der Waals surface area contributed by atoms with Gasteiger partial charge in [0.2, 0.25) is 0 Å². The zero-order chi connectivity index (χ0) is 18.9. The van der Waals surface area contributed by atoms with E-state index in [1.54, 1.807) is 49.4 Å². The molecule has 3 rings (SSSR count). The summed E-state index contributed by atoms with van der Waals surface area (Å²) in [6.45, 7) is 1.67. The number of nitrogens with zero attached hydrogens (tertiary/aromatic N) is 1. The lowest BCUT2D eigenvalue weighted by Gasteiger charge is -2.09. The Labute approximate surface area is 157 Å². The largest absolute Gasteiger partial charge is 0.465 e. The first-order chi connectivity index (χ1) is 12.4. The maximum atomic E-state index is 13.2. The fourth-order valence-corrected chi connectivity index (χ4v) is 5.81. The lowest BCUT2D eigenvalue weighted by atomic mass is 10.0. The van der Waals surface area contributed by atoms with Gasteiger partial charge in [0.15, 0.2) is 15.3 Å². The van der Waals surface area contributed by atoms with Gasteiger partial charge in [-0.25, -0.2) is 8.42 Å². The van der Waals surface area contributed by atoms with Crippen LogP contribution in [0.1, 0.15) is 18.4 Å². The van der Waals surface area contributed by atoms with Gasteiger partial charge in [-0.05, 0) is 36.8 Å². The van der Waals surface area contributed by atoms with Crippen molar-refractivity contribution in [2.75, 3.05) is 6.61 Å². The molecule has 0 radical (unpaired) electrons. The van der Waals surface area contributed by atoms with Crippen LogP contribution in [0.25, 0.3) is 0 Å². The van der Waals surface area contributed by atoms with E-state index in [1.165, 1.54) is 12.1 Å². The van der Waals surface area contributed by atoms with Crippen molar-refractivity contribution in [2.45, 2.75) is 23.0 Å². The molecule has 0 N–H and O–H groups in total. The quantitative estimate of drug-likeness (QED) is 0.732. The van der Waals surface area contributed by atoms with Crippen LogP contribution in [-0.2, 0) is 19.4 Å². The summed E-state index contributed by atoms with van der Waals surface area (Å²) in [4.78, 5) is 12.6. The second-order valence-corrected chi connectivity index (χ2v) is 8.52. The molecule has 0 amide bonds. The summed E-state index contributed by atoms with van der Waals surface area (Å²) in [5.74, 6) is -1.66. The number of carbonyl (C=O) groups is 1. The molecule has 2 aromatic carbocycles. The van der Waals surface area contributed by atoms with Gasteiger partial charge in [0.25, 0.3) is 0 Å². The molecule has 2 aromatic rings. The number of carbonyl (C=O) groups excluding carboxylic acids is 1. The van der Waals surface area contributed by atoms with Crippen LogP contribution >= 0.6 is 11.6 Å². The van der Waals surface area contributed by atoms with E-state index < -0.39 is 32.4 Å². The average molecular weight is 390 g/mol. The monoisotopic (exact) mass is 389 g/mol. The predicted octanol–water partition coefficient (Wildman–Crippen LogP) is 3.35. The minimum absolute atomic E-state index is 0.0582. The zero-order valence-corrected chi connectivity index (χ0v) is 15.5. The highest BCUT2D eigenvalue weighted by molar-refractivity contribution is 7.92. The van der Waals surface area contributed by atoms with Crippen molar-refractivity contribution < 1.29 is 17.9 Å². The molecule has 26 heavy (non-hydrogen) atoms. The normalized spacial score (nSPS) is 24.5. The molecule has 5 nitrogen and oxygen atoms in total. The van der Waals surface area contributed by atoms with Gasteiger partial charge in [0, 0.05) is 10.9 Å². The van der Waals surface area contributed by atoms with Crippen LogP contribution in [0.3, 0.4) is 0 Å². The number of halogens is 1. The molecule has 134 valence electrons. The van der Waals surface area contributed by atoms with E-state index in [1.807, 2.05) is 6.07 Å². The van der Waals surface area contributed by atoms with E-state index in [0.717, 1.165) is 0 Å². The van der Waals surface area contributed by atoms with Gasteiger partial charge in [-0.2, -0.15) is 5.26 Å². The van der Waals surface area contributed by atoms with E-state index >= 15 is 0 Å². The lowest BCUT2D eigenvalue weighted by molar-refractivity contribution is -0.147. The van der Waals surface area contributed by atoms with Gasteiger partial charge in [-0.3, -0.25) is 4.79 Å². The zero-order valence-electron chi connectivity index (χ0n) is 13.9. The van der Waals surface area contributed by atoms with Crippen molar-refractivity contribution in [3.8, 4) is 6.07 Å². The fraction of sp³-hybridized carbons (Fsp3) is 0.263. The molecule has 0 heterocycles. The summed E-state index contributed by atoms with van der Waals surface area (Å²) < 4.78 is 31.4. The minimum Gasteiger partial charge on any atom is -0.465 e. The molecule has 3 atom stereocenters. The van der Waals surface area contributed by atoms with Crippen molar-refractivity contribution in [2.24, 2.45) is 5.41 Å². The number of rotatable bonds is 5. The summed E-state index contributed by atoms with van der Waals surface area (Å²) in [7, 11) is -3.93. The van der Waals surface area contributed by atoms with Crippen LogP contribution in [0.4, 0.5) is 0 Å². The molecule has 1 aliphatic carbocycles. The molecule has 0 aromatic heterocycles. The van der Waals surface area contributed by atoms with E-state index in [-0.39, 0.29) is 11.5 Å². The molecule has 0 spiro atoms. The van der Waals surface area contributed by atoms with Gasteiger partial charge in [0.05, 0.1) is 17.6 Å². The van der Waals surface area contributed by atoms with E-state index in [2.05, 4.69) is 0 Å². The van der Waals surface area contributed by atoms with Crippen LogP contribution in [0.15, 0.2) is 59.5 Å². The number of sulfone groups is 1. The number of hydrogen-bond donors (Lipinski definition) is 0. The minimum atomic E-state index is -3.93. The second-order valence-electron chi connectivity index (χ2n) is 6.01. The van der Waals surface area contributed by atoms with Crippen molar-refractivity contribution in [3.05, 3.63) is 65.2 Å². The van der Waals surface area contributed by atoms with Crippen LogP contribution in [-0.4, -0.2) is 26.2 Å². The van der Waals surface area contributed by atoms with Crippen molar-refractivity contribution in [1.82, 2.24) is 0 Å². The number of ether oxygens (including phenoxy) is 1. The molecule has 1 fully saturated rings. The summed E-state index contributed by atoms with van der Waals surface area (Å²) in [5, 5.41) is 8.97. The maximum absolute atomic E-state index is 13.2. The molecular formula is C19H16ClNO4S. The Bertz CT molecular complexity index is 984. The third-order valence-corrected chi connectivity index (χ3v) is 7.02. The molecular weight excluding hydrogens is 374 g/mol. The van der Waals surface area contributed by atoms with Gasteiger partial charge >= 0.3 is 5.97 Å². The number of esters is 1. The van der Waals surface area contributed by atoms with Crippen LogP contribution in [0.5, 0.6) is 0 Å². The maximum Gasteiger partial charge on any atom is 0.328 e. The van der Waals surface area contributed by atoms with E-state index in [4.69, 9.17) is 16.3 Å². The third kappa shape index (κ3) is 2.77.